The number of halogens is 1. The molecule has 2 N–H and O–H groups in total. The Hall–Kier alpha value is -2.18. The lowest BCUT2D eigenvalue weighted by Crippen LogP contribution is -2.00. The lowest BCUT2D eigenvalue weighted by Gasteiger charge is -2.08. The fraction of sp³-hybridized carbons (Fsp3) is 0.188. The van der Waals surface area contributed by atoms with E-state index in [-0.39, 0.29) is 0 Å². The summed E-state index contributed by atoms with van der Waals surface area (Å²) in [6.07, 6.45) is 1.79. The van der Waals surface area contributed by atoms with Gasteiger partial charge in [-0.1, -0.05) is 11.6 Å². The summed E-state index contributed by atoms with van der Waals surface area (Å²) in [5.41, 5.74) is 3.87. The maximum absolute atomic E-state index is 5.82. The molecule has 0 saturated carbocycles. The van der Waals surface area contributed by atoms with E-state index in [1.807, 2.05) is 44.2 Å². The molecule has 5 nitrogen and oxygen atoms in total. The van der Waals surface area contributed by atoms with E-state index in [1.54, 1.807) is 6.20 Å². The first kappa shape index (κ1) is 15.7. The molecule has 3 rings (SSSR count). The van der Waals surface area contributed by atoms with Crippen LogP contribution in [0.5, 0.6) is 0 Å². The number of nitrogens with zero attached hydrogens (tertiary/aromatic N) is 3. The Morgan fingerprint density at radius 2 is 1.70 bits per heavy atom. The summed E-state index contributed by atoms with van der Waals surface area (Å²) in [5.74, 6) is 0.613. The molecule has 0 aliphatic heterocycles. The summed E-state index contributed by atoms with van der Waals surface area (Å²) >= 11 is 7.30. The molecule has 0 atom stereocenters. The number of aromatic nitrogens is 3. The van der Waals surface area contributed by atoms with E-state index in [0.29, 0.717) is 17.0 Å². The summed E-state index contributed by atoms with van der Waals surface area (Å²) in [6, 6.07) is 9.94. The van der Waals surface area contributed by atoms with Crippen LogP contribution in [-0.4, -0.2) is 15.0 Å². The van der Waals surface area contributed by atoms with Gasteiger partial charge in [0.1, 0.15) is 0 Å². The van der Waals surface area contributed by atoms with Gasteiger partial charge in [0, 0.05) is 33.8 Å². The van der Waals surface area contributed by atoms with E-state index in [4.69, 9.17) is 11.6 Å². The molecule has 0 amide bonds. The van der Waals surface area contributed by atoms with E-state index >= 15 is 0 Å². The number of hydrogen-bond donors (Lipinski definition) is 2. The predicted molar refractivity (Wildman–Crippen MR) is 95.7 cm³/mol. The van der Waals surface area contributed by atoms with Crippen molar-refractivity contribution in [3.63, 3.8) is 0 Å². The molecule has 7 heteroatoms. The van der Waals surface area contributed by atoms with E-state index in [1.165, 1.54) is 11.3 Å². The second-order valence-electron chi connectivity index (χ2n) is 5.11. The fourth-order valence-corrected chi connectivity index (χ4v) is 3.05. The smallest absolute Gasteiger partial charge is 0.227 e. The van der Waals surface area contributed by atoms with E-state index in [2.05, 4.69) is 25.6 Å². The lowest BCUT2D eigenvalue weighted by molar-refractivity contribution is 1.06. The number of anilines is 3. The van der Waals surface area contributed by atoms with Crippen molar-refractivity contribution < 1.29 is 0 Å². The van der Waals surface area contributed by atoms with E-state index in [9.17, 15) is 0 Å². The molecular formula is C16H16ClN5S. The normalized spacial score (nSPS) is 10.6. The van der Waals surface area contributed by atoms with Crippen molar-refractivity contribution in [3.05, 3.63) is 57.3 Å². The van der Waals surface area contributed by atoms with Crippen molar-refractivity contribution in [2.24, 2.45) is 0 Å². The van der Waals surface area contributed by atoms with Crippen LogP contribution in [0.4, 0.5) is 17.3 Å². The minimum absolute atomic E-state index is 0.565. The van der Waals surface area contributed by atoms with Gasteiger partial charge in [-0.15, -0.1) is 11.3 Å². The number of aryl methyl sites for hydroxylation is 2. The Morgan fingerprint density at radius 1 is 1.04 bits per heavy atom. The quantitative estimate of drug-likeness (QED) is 0.709. The van der Waals surface area contributed by atoms with Gasteiger partial charge < -0.3 is 10.6 Å². The summed E-state index contributed by atoms with van der Waals surface area (Å²) in [6.45, 7) is 4.62. The summed E-state index contributed by atoms with van der Waals surface area (Å²) in [7, 11) is 0. The van der Waals surface area contributed by atoms with Gasteiger partial charge in [0.05, 0.1) is 6.54 Å². The van der Waals surface area contributed by atoms with Crippen LogP contribution in [0.1, 0.15) is 16.3 Å². The van der Waals surface area contributed by atoms with Gasteiger partial charge in [0.25, 0.3) is 0 Å². The highest BCUT2D eigenvalue weighted by molar-refractivity contribution is 7.15. The zero-order valence-electron chi connectivity index (χ0n) is 12.8. The first-order valence-corrected chi connectivity index (χ1v) is 8.31. The molecule has 118 valence electrons. The van der Waals surface area contributed by atoms with Gasteiger partial charge in [-0.25, -0.2) is 15.0 Å². The third kappa shape index (κ3) is 4.40. The minimum Gasteiger partial charge on any atom is -0.380 e. The van der Waals surface area contributed by atoms with Crippen molar-refractivity contribution in [1.29, 1.82) is 0 Å². The molecule has 0 unspecified atom stereocenters. The van der Waals surface area contributed by atoms with Crippen LogP contribution in [0.2, 0.25) is 4.47 Å². The SMILES string of the molecule is Cc1cc(C)nc(Nc2ccc(NCc3cnc(Cl)s3)cc2)n1. The maximum Gasteiger partial charge on any atom is 0.227 e. The van der Waals surface area contributed by atoms with Gasteiger partial charge in [-0.3, -0.25) is 0 Å². The van der Waals surface area contributed by atoms with Crippen molar-refractivity contribution in [1.82, 2.24) is 15.0 Å². The molecule has 0 aliphatic carbocycles. The molecule has 1 aromatic carbocycles. The van der Waals surface area contributed by atoms with Gasteiger partial charge >= 0.3 is 0 Å². The molecule has 2 heterocycles. The van der Waals surface area contributed by atoms with Crippen LogP contribution < -0.4 is 10.6 Å². The van der Waals surface area contributed by atoms with Gasteiger partial charge in [0.15, 0.2) is 4.47 Å². The largest absolute Gasteiger partial charge is 0.380 e. The molecule has 3 aromatic rings. The summed E-state index contributed by atoms with van der Waals surface area (Å²) in [5, 5.41) is 6.55. The average Bonchev–Trinajstić information content (AvgIpc) is 2.91. The summed E-state index contributed by atoms with van der Waals surface area (Å²) < 4.78 is 0.565. The third-order valence-electron chi connectivity index (χ3n) is 3.12. The van der Waals surface area contributed by atoms with E-state index in [0.717, 1.165) is 27.6 Å². The molecule has 23 heavy (non-hydrogen) atoms. The van der Waals surface area contributed by atoms with Crippen LogP contribution in [0, 0.1) is 13.8 Å². The van der Waals surface area contributed by atoms with Gasteiger partial charge in [-0.2, -0.15) is 0 Å². The van der Waals surface area contributed by atoms with Gasteiger partial charge in [0.2, 0.25) is 5.95 Å². The number of hydrogen-bond acceptors (Lipinski definition) is 6. The average molecular weight is 346 g/mol. The topological polar surface area (TPSA) is 62.7 Å². The van der Waals surface area contributed by atoms with Gasteiger partial charge in [-0.05, 0) is 44.2 Å². The molecule has 0 bridgehead atoms. The van der Waals surface area contributed by atoms with Crippen molar-refractivity contribution >= 4 is 40.3 Å². The highest BCUT2D eigenvalue weighted by Crippen LogP contribution is 2.21. The Balaban J connectivity index is 1.62. The van der Waals surface area contributed by atoms with Crippen molar-refractivity contribution in [2.45, 2.75) is 20.4 Å². The van der Waals surface area contributed by atoms with E-state index < -0.39 is 0 Å². The highest BCUT2D eigenvalue weighted by Gasteiger charge is 2.02. The number of thiazole rings is 1. The predicted octanol–water partition coefficient (Wildman–Crippen LogP) is 4.56. The standard InChI is InChI=1S/C16H16ClN5S/c1-10-7-11(2)21-16(20-10)22-13-5-3-12(4-6-13)18-8-14-9-19-15(17)23-14/h3-7,9,18H,8H2,1-2H3,(H,20,21,22). The minimum atomic E-state index is 0.565. The van der Waals surface area contributed by atoms with Crippen LogP contribution in [0.25, 0.3) is 0 Å². The second kappa shape index (κ2) is 6.93. The Bertz CT molecular complexity index is 780. The number of nitrogens with one attached hydrogen (secondary N) is 2. The molecule has 0 radical (unpaired) electrons. The Kier molecular flexibility index (Phi) is 4.73. The molecule has 0 fully saturated rings. The Morgan fingerprint density at radius 3 is 2.30 bits per heavy atom. The number of rotatable bonds is 5. The molecule has 2 aromatic heterocycles. The zero-order valence-corrected chi connectivity index (χ0v) is 14.4. The van der Waals surface area contributed by atoms with Crippen LogP contribution in [0.15, 0.2) is 36.5 Å². The Labute approximate surface area is 143 Å². The monoisotopic (exact) mass is 345 g/mol. The first-order valence-electron chi connectivity index (χ1n) is 7.12. The fourth-order valence-electron chi connectivity index (χ4n) is 2.14. The van der Waals surface area contributed by atoms with Crippen LogP contribution in [-0.2, 0) is 6.54 Å². The molecule has 0 saturated heterocycles. The molecule has 0 spiro atoms. The lowest BCUT2D eigenvalue weighted by atomic mass is 10.2. The summed E-state index contributed by atoms with van der Waals surface area (Å²) in [4.78, 5) is 13.9. The second-order valence-corrected chi connectivity index (χ2v) is 6.81. The van der Waals surface area contributed by atoms with Crippen molar-refractivity contribution in [3.8, 4) is 0 Å². The van der Waals surface area contributed by atoms with Crippen molar-refractivity contribution in [2.75, 3.05) is 10.6 Å². The third-order valence-corrected chi connectivity index (χ3v) is 4.23. The maximum atomic E-state index is 5.82. The zero-order chi connectivity index (χ0) is 16.2. The highest BCUT2D eigenvalue weighted by atomic mass is 35.5. The number of benzene rings is 1. The molecular weight excluding hydrogens is 330 g/mol. The van der Waals surface area contributed by atoms with Crippen LogP contribution >= 0.6 is 22.9 Å². The molecule has 0 aliphatic rings. The van der Waals surface area contributed by atoms with Crippen LogP contribution in [0.3, 0.4) is 0 Å². The first-order chi connectivity index (χ1) is 11.1.